The molecule has 144 valence electrons. The first-order valence-electron chi connectivity index (χ1n) is 10.5. The summed E-state index contributed by atoms with van der Waals surface area (Å²) in [5.74, 6) is 0. The quantitative estimate of drug-likeness (QED) is 0.364. The van der Waals surface area contributed by atoms with Gasteiger partial charge in [-0.2, -0.15) is 0 Å². The molecule has 2 aromatic rings. The van der Waals surface area contributed by atoms with Crippen LogP contribution in [0.4, 0.5) is 0 Å². The Morgan fingerprint density at radius 2 is 1.42 bits per heavy atom. The summed E-state index contributed by atoms with van der Waals surface area (Å²) in [7, 11) is 0. The summed E-state index contributed by atoms with van der Waals surface area (Å²) in [5, 5.41) is 4.57. The maximum absolute atomic E-state index is 6.17. The molecule has 0 amide bonds. The van der Waals surface area contributed by atoms with Crippen molar-refractivity contribution in [3.63, 3.8) is 0 Å². The molecule has 0 saturated carbocycles. The van der Waals surface area contributed by atoms with Crippen molar-refractivity contribution in [2.75, 3.05) is 0 Å². The minimum absolute atomic E-state index is 0.590. The van der Waals surface area contributed by atoms with Crippen molar-refractivity contribution in [1.29, 1.82) is 0 Å². The van der Waals surface area contributed by atoms with Crippen LogP contribution in [0.2, 0.25) is 13.3 Å². The van der Waals surface area contributed by atoms with Crippen molar-refractivity contribution in [2.45, 2.75) is 79.2 Å². The van der Waals surface area contributed by atoms with E-state index in [4.69, 9.17) is 4.84 Å². The van der Waals surface area contributed by atoms with Gasteiger partial charge in [-0.15, -0.1) is 0 Å². The molecule has 1 heterocycles. The minimum atomic E-state index is -2.50. The Balaban J connectivity index is 2.23. The van der Waals surface area contributed by atoms with Gasteiger partial charge >= 0.3 is 164 Å². The summed E-state index contributed by atoms with van der Waals surface area (Å²) in [6, 6.07) is 12.7. The van der Waals surface area contributed by atoms with Gasteiger partial charge in [0, 0.05) is 0 Å². The Hall–Kier alpha value is -0.971. The van der Waals surface area contributed by atoms with E-state index >= 15 is 0 Å². The van der Waals surface area contributed by atoms with Crippen LogP contribution in [0.3, 0.4) is 0 Å². The molecule has 0 radical (unpaired) electrons. The second-order valence-electron chi connectivity index (χ2n) is 7.44. The number of nitrogens with zero attached hydrogens (tertiary/aromatic N) is 2. The molecule has 0 fully saturated rings. The van der Waals surface area contributed by atoms with Crippen LogP contribution in [0.5, 0.6) is 0 Å². The molecule has 0 unspecified atom stereocenters. The van der Waals surface area contributed by atoms with Gasteiger partial charge in [-0.05, 0) is 0 Å². The number of hydrogen-bond acceptors (Lipinski definition) is 2. The van der Waals surface area contributed by atoms with Gasteiger partial charge in [0.15, 0.2) is 0 Å². The van der Waals surface area contributed by atoms with Crippen LogP contribution in [-0.4, -0.2) is 28.3 Å². The number of benzene rings is 1. The molecule has 0 spiro atoms. The van der Waals surface area contributed by atoms with E-state index < -0.39 is 18.4 Å². The second-order valence-corrected chi connectivity index (χ2v) is 20.5. The van der Waals surface area contributed by atoms with Crippen molar-refractivity contribution in [3.05, 3.63) is 48.2 Å². The summed E-state index contributed by atoms with van der Waals surface area (Å²) in [4.78, 5) is 8.07. The molecule has 0 aliphatic carbocycles. The van der Waals surface area contributed by atoms with E-state index in [0.29, 0.717) is 6.61 Å². The summed E-state index contributed by atoms with van der Waals surface area (Å²) >= 11 is -2.50. The van der Waals surface area contributed by atoms with Crippen molar-refractivity contribution < 1.29 is 4.84 Å². The third kappa shape index (κ3) is 6.04. The maximum atomic E-state index is 6.17. The van der Waals surface area contributed by atoms with E-state index in [-0.39, 0.29) is 0 Å². The van der Waals surface area contributed by atoms with Crippen LogP contribution < -0.4 is 8.55 Å². The molecule has 0 bridgehead atoms. The van der Waals surface area contributed by atoms with Gasteiger partial charge in [0.05, 0.1) is 0 Å². The van der Waals surface area contributed by atoms with Crippen LogP contribution in [0.25, 0.3) is 0 Å². The van der Waals surface area contributed by atoms with Crippen LogP contribution in [-0.2, 0) is 6.61 Å². The molecule has 1 aromatic heterocycles. The zero-order chi connectivity index (χ0) is 18.7. The summed E-state index contributed by atoms with van der Waals surface area (Å²) in [5.41, 5.74) is 1.20. The van der Waals surface area contributed by atoms with E-state index in [9.17, 15) is 0 Å². The average molecular weight is 463 g/mol. The first-order chi connectivity index (χ1) is 12.8. The van der Waals surface area contributed by atoms with E-state index in [1.54, 1.807) is 0 Å². The van der Waals surface area contributed by atoms with E-state index in [2.05, 4.69) is 56.2 Å². The predicted octanol–water partition coefficient (Wildman–Crippen LogP) is 5.57. The van der Waals surface area contributed by atoms with Gasteiger partial charge in [0.25, 0.3) is 0 Å². The zero-order valence-corrected chi connectivity index (χ0v) is 19.8. The fraction of sp³-hybridized carbons (Fsp3) is 0.591. The van der Waals surface area contributed by atoms with E-state index in [1.807, 2.05) is 17.1 Å². The molecule has 0 aliphatic heterocycles. The molecule has 0 atom stereocenters. The first kappa shape index (κ1) is 21.3. The third-order valence-corrected chi connectivity index (χ3v) is 20.7. The number of hydrogen-bond donors (Lipinski definition) is 0. The van der Waals surface area contributed by atoms with Gasteiger partial charge in [-0.25, -0.2) is 0 Å². The zero-order valence-electron chi connectivity index (χ0n) is 16.9. The van der Waals surface area contributed by atoms with Gasteiger partial charge < -0.3 is 0 Å². The Labute approximate surface area is 164 Å². The van der Waals surface area contributed by atoms with Crippen molar-refractivity contribution >= 4 is 22.1 Å². The molecule has 1 aromatic carbocycles. The van der Waals surface area contributed by atoms with Gasteiger partial charge in [0.2, 0.25) is 0 Å². The Morgan fingerprint density at radius 3 is 1.96 bits per heavy atom. The molecule has 0 aliphatic rings. The molecular weight excluding hydrogens is 427 g/mol. The summed E-state index contributed by atoms with van der Waals surface area (Å²) in [6.45, 7) is 7.55. The Kier molecular flexibility index (Phi) is 9.58. The van der Waals surface area contributed by atoms with Crippen molar-refractivity contribution in [2.24, 2.45) is 0 Å². The molecular formula is C22H36N2OSn. The molecule has 4 heteroatoms. The Morgan fingerprint density at radius 1 is 0.846 bits per heavy atom. The van der Waals surface area contributed by atoms with Gasteiger partial charge in [-0.3, -0.25) is 0 Å². The van der Waals surface area contributed by atoms with Gasteiger partial charge in [0.1, 0.15) is 0 Å². The molecule has 0 N–H and O–H groups in total. The fourth-order valence-electron chi connectivity index (χ4n) is 3.79. The topological polar surface area (TPSA) is 27.1 Å². The van der Waals surface area contributed by atoms with Crippen molar-refractivity contribution in [1.82, 2.24) is 9.94 Å². The monoisotopic (exact) mass is 464 g/mol. The number of aromatic nitrogens is 2. The van der Waals surface area contributed by atoms with Crippen LogP contribution in [0.15, 0.2) is 42.6 Å². The fourth-order valence-corrected chi connectivity index (χ4v) is 19.7. The first-order valence-corrected chi connectivity index (χ1v) is 18.0. The molecule has 26 heavy (non-hydrogen) atoms. The molecule has 2 rings (SSSR count). The predicted molar refractivity (Wildman–Crippen MR) is 113 cm³/mol. The Bertz CT molecular complexity index is 590. The van der Waals surface area contributed by atoms with Crippen LogP contribution >= 0.6 is 0 Å². The standard InChI is InChI=1S/C10H9N2O.3C4H9.Sn/c1-2-5-10(6-3-1)9-13-12-8-4-7-11-12;3*1-3-4-2;/h1-7H,9H2;3*1,3-4H2,2H3;. The molecule has 0 saturated heterocycles. The van der Waals surface area contributed by atoms with Gasteiger partial charge in [-0.1, -0.05) is 0 Å². The SMILES string of the molecule is CCC[CH2][Sn]([CH2]CCC)([CH2]CCC)[c]1ccnn1OCc1ccccc1. The average Bonchev–Trinajstić information content (AvgIpc) is 3.16. The normalized spacial score (nSPS) is 11.7. The second kappa shape index (κ2) is 11.7. The summed E-state index contributed by atoms with van der Waals surface area (Å²) < 4.78 is 5.79. The van der Waals surface area contributed by atoms with E-state index in [1.165, 1.54) is 61.1 Å². The summed E-state index contributed by atoms with van der Waals surface area (Å²) in [6.07, 6.45) is 9.88. The number of rotatable bonds is 13. The molecule has 3 nitrogen and oxygen atoms in total. The van der Waals surface area contributed by atoms with Crippen LogP contribution in [0.1, 0.15) is 64.9 Å². The van der Waals surface area contributed by atoms with E-state index in [0.717, 1.165) is 0 Å². The van der Waals surface area contributed by atoms with Crippen molar-refractivity contribution in [3.8, 4) is 0 Å². The third-order valence-electron chi connectivity index (χ3n) is 5.38. The van der Waals surface area contributed by atoms with Crippen LogP contribution in [0, 0.1) is 0 Å². The number of unbranched alkanes of at least 4 members (excludes halogenated alkanes) is 3.